The van der Waals surface area contributed by atoms with Crippen LogP contribution in [0.5, 0.6) is 0 Å². The molecule has 3 N–H and O–H groups in total. The van der Waals surface area contributed by atoms with E-state index in [2.05, 4.69) is 20.5 Å². The van der Waals surface area contributed by atoms with Gasteiger partial charge in [0.05, 0.1) is 23.7 Å². The predicted molar refractivity (Wildman–Crippen MR) is 102 cm³/mol. The van der Waals surface area contributed by atoms with Crippen molar-refractivity contribution in [2.75, 3.05) is 13.7 Å². The quantitative estimate of drug-likeness (QED) is 0.304. The van der Waals surface area contributed by atoms with E-state index in [1.165, 1.54) is 31.5 Å². The Morgan fingerprint density at radius 2 is 2.10 bits per heavy atom. The Hall–Kier alpha value is -3.69. The van der Waals surface area contributed by atoms with Crippen LogP contribution < -0.4 is 11.1 Å². The molecule has 0 saturated heterocycles. The van der Waals surface area contributed by atoms with Gasteiger partial charge in [0.15, 0.2) is 12.1 Å². The van der Waals surface area contributed by atoms with Crippen LogP contribution in [0.4, 0.5) is 13.2 Å². The maximum Gasteiger partial charge on any atom is 0.184 e. The highest BCUT2D eigenvalue weighted by molar-refractivity contribution is 6.12. The molecule has 2 aromatic rings. The van der Waals surface area contributed by atoms with Gasteiger partial charge in [0, 0.05) is 18.7 Å². The molecule has 0 atom stereocenters. The minimum atomic E-state index is -1.31. The minimum absolute atomic E-state index is 0.0138. The molecule has 1 aromatic carbocycles. The molecule has 1 aromatic heterocycles. The summed E-state index contributed by atoms with van der Waals surface area (Å²) in [6, 6.07) is 7.63. The number of aldehydes is 1. The number of alkyl halides is 1. The summed E-state index contributed by atoms with van der Waals surface area (Å²) < 4.78 is 45.0. The number of hydrogen-bond acceptors (Lipinski definition) is 6. The number of carbonyl (C=O) groups excluding carboxylic acids is 1. The van der Waals surface area contributed by atoms with E-state index in [9.17, 15) is 18.0 Å². The van der Waals surface area contributed by atoms with Crippen LogP contribution in [-0.2, 0) is 11.3 Å². The lowest BCUT2D eigenvalue weighted by Gasteiger charge is -2.11. The van der Waals surface area contributed by atoms with Crippen LogP contribution in [0.1, 0.15) is 11.3 Å². The molecule has 0 aliphatic rings. The summed E-state index contributed by atoms with van der Waals surface area (Å²) in [7, 11) is 1.34. The van der Waals surface area contributed by atoms with Crippen LogP contribution in [0, 0.1) is 5.82 Å². The zero-order chi connectivity index (χ0) is 21.2. The monoisotopic (exact) mass is 405 g/mol. The largest absolute Gasteiger partial charge is 0.396 e. The van der Waals surface area contributed by atoms with Gasteiger partial charge in [-0.3, -0.25) is 14.8 Å². The molecule has 0 aliphatic carbocycles. The third-order valence-corrected chi connectivity index (χ3v) is 3.66. The Balaban J connectivity index is 2.36. The zero-order valence-corrected chi connectivity index (χ0v) is 15.4. The third-order valence-electron chi connectivity index (χ3n) is 3.66. The molecular weight excluding hydrogens is 387 g/mol. The first-order valence-electron chi connectivity index (χ1n) is 8.29. The van der Waals surface area contributed by atoms with Crippen molar-refractivity contribution in [3.63, 3.8) is 0 Å². The standard InChI is InChI=1S/C19H18F3N5O2/c1-24-19(26-18(9-20)14(22)11-28)15(23)8-17(16-6-7-29-27-16)25-10-12-4-2-3-5-13(12)21/h2-8,11H,9-10,23H2,1H3,(H,24,26)/b15-8-,18-14+,25-17?. The normalized spacial score (nSPS) is 13.9. The first-order valence-corrected chi connectivity index (χ1v) is 8.29. The average Bonchev–Trinajstić information content (AvgIpc) is 3.27. The first-order chi connectivity index (χ1) is 14.0. The molecule has 0 amide bonds. The van der Waals surface area contributed by atoms with Gasteiger partial charge in [-0.1, -0.05) is 23.4 Å². The number of nitrogens with two attached hydrogens (primary N) is 1. The molecule has 0 saturated carbocycles. The summed E-state index contributed by atoms with van der Waals surface area (Å²) in [6.07, 6.45) is 2.52. The second kappa shape index (κ2) is 10.6. The molecule has 7 nitrogen and oxygen atoms in total. The van der Waals surface area contributed by atoms with Gasteiger partial charge in [0.25, 0.3) is 0 Å². The molecule has 10 heteroatoms. The van der Waals surface area contributed by atoms with Crippen LogP contribution in [0.3, 0.4) is 0 Å². The van der Waals surface area contributed by atoms with E-state index >= 15 is 0 Å². The van der Waals surface area contributed by atoms with Gasteiger partial charge in [-0.25, -0.2) is 13.2 Å². The lowest BCUT2D eigenvalue weighted by Crippen LogP contribution is -2.30. The smallest absolute Gasteiger partial charge is 0.184 e. The summed E-state index contributed by atoms with van der Waals surface area (Å²) in [5.41, 5.74) is 6.18. The summed E-state index contributed by atoms with van der Waals surface area (Å²) in [5, 5.41) is 6.11. The van der Waals surface area contributed by atoms with E-state index in [-0.39, 0.29) is 30.1 Å². The predicted octanol–water partition coefficient (Wildman–Crippen LogP) is 2.61. The summed E-state index contributed by atoms with van der Waals surface area (Å²) in [4.78, 5) is 18.7. The second-order valence-electron chi connectivity index (χ2n) is 5.55. The van der Waals surface area contributed by atoms with Gasteiger partial charge in [0.1, 0.15) is 30.3 Å². The SMILES string of the molecule is CN=C(N/C(CF)=C(/F)C=O)/C(N)=C/C(=NCc1ccccc1F)c1ccon1. The minimum Gasteiger partial charge on any atom is -0.396 e. The van der Waals surface area contributed by atoms with E-state index in [4.69, 9.17) is 10.3 Å². The number of halogens is 3. The third kappa shape index (κ3) is 5.89. The number of hydrogen-bond donors (Lipinski definition) is 2. The summed E-state index contributed by atoms with van der Waals surface area (Å²) in [5.74, 6) is -1.84. The van der Waals surface area contributed by atoms with Gasteiger partial charge in [0.2, 0.25) is 0 Å². The van der Waals surface area contributed by atoms with Crippen molar-refractivity contribution in [2.45, 2.75) is 6.54 Å². The molecular formula is C19H18F3N5O2. The first kappa shape index (κ1) is 21.6. The van der Waals surface area contributed by atoms with E-state index in [1.807, 2.05) is 0 Å². The molecule has 0 aliphatic heterocycles. The van der Waals surface area contributed by atoms with Crippen molar-refractivity contribution in [1.82, 2.24) is 10.5 Å². The number of allylic oxidation sites excluding steroid dienone is 3. The molecule has 152 valence electrons. The zero-order valence-electron chi connectivity index (χ0n) is 15.4. The Morgan fingerprint density at radius 1 is 1.34 bits per heavy atom. The molecule has 0 radical (unpaired) electrons. The van der Waals surface area contributed by atoms with Crippen LogP contribution in [0.15, 0.2) is 74.4 Å². The fourth-order valence-corrected chi connectivity index (χ4v) is 2.19. The number of amidine groups is 1. The van der Waals surface area contributed by atoms with Crippen molar-refractivity contribution >= 4 is 17.8 Å². The average molecular weight is 405 g/mol. The van der Waals surface area contributed by atoms with Crippen LogP contribution in [0.2, 0.25) is 0 Å². The number of aliphatic imine (C=N–C) groups is 2. The fourth-order valence-electron chi connectivity index (χ4n) is 2.19. The molecule has 0 bridgehead atoms. The van der Waals surface area contributed by atoms with Crippen LogP contribution >= 0.6 is 0 Å². The number of benzene rings is 1. The highest BCUT2D eigenvalue weighted by Gasteiger charge is 2.13. The Labute approximate surface area is 164 Å². The lowest BCUT2D eigenvalue weighted by atomic mass is 10.2. The van der Waals surface area contributed by atoms with Gasteiger partial charge < -0.3 is 15.6 Å². The number of aromatic nitrogens is 1. The number of rotatable bonds is 8. The van der Waals surface area contributed by atoms with Crippen molar-refractivity contribution in [2.24, 2.45) is 15.7 Å². The molecule has 29 heavy (non-hydrogen) atoms. The van der Waals surface area contributed by atoms with E-state index < -0.39 is 24.0 Å². The van der Waals surface area contributed by atoms with Gasteiger partial charge >= 0.3 is 0 Å². The number of carbonyl (C=O) groups is 1. The Bertz CT molecular complexity index is 966. The van der Waals surface area contributed by atoms with E-state index in [0.717, 1.165) is 0 Å². The highest BCUT2D eigenvalue weighted by atomic mass is 19.1. The molecule has 0 spiro atoms. The molecule has 1 heterocycles. The maximum absolute atomic E-state index is 13.8. The van der Waals surface area contributed by atoms with Crippen LogP contribution in [0.25, 0.3) is 0 Å². The van der Waals surface area contributed by atoms with Crippen molar-refractivity contribution in [1.29, 1.82) is 0 Å². The highest BCUT2D eigenvalue weighted by Crippen LogP contribution is 2.10. The lowest BCUT2D eigenvalue weighted by molar-refractivity contribution is -0.106. The molecule has 0 fully saturated rings. The Morgan fingerprint density at radius 3 is 2.69 bits per heavy atom. The van der Waals surface area contributed by atoms with Gasteiger partial charge in [-0.05, 0) is 12.1 Å². The van der Waals surface area contributed by atoms with Gasteiger partial charge in [-0.2, -0.15) is 0 Å². The molecule has 2 rings (SSSR count). The topological polar surface area (TPSA) is 106 Å². The maximum atomic E-state index is 13.8. The second-order valence-corrected chi connectivity index (χ2v) is 5.55. The summed E-state index contributed by atoms with van der Waals surface area (Å²) >= 11 is 0. The van der Waals surface area contributed by atoms with E-state index in [1.54, 1.807) is 18.2 Å². The fraction of sp³-hybridized carbons (Fsp3) is 0.158. The van der Waals surface area contributed by atoms with Crippen molar-refractivity contribution < 1.29 is 22.5 Å². The van der Waals surface area contributed by atoms with Crippen molar-refractivity contribution in [3.8, 4) is 0 Å². The van der Waals surface area contributed by atoms with Crippen molar-refractivity contribution in [3.05, 3.63) is 77.0 Å². The number of nitrogens with zero attached hydrogens (tertiary/aromatic N) is 3. The van der Waals surface area contributed by atoms with Crippen LogP contribution in [-0.4, -0.2) is 36.7 Å². The summed E-state index contributed by atoms with van der Waals surface area (Å²) in [6.45, 7) is -1.28. The molecule has 0 unspecified atom stereocenters. The number of nitrogens with one attached hydrogen (secondary N) is 1. The Kier molecular flexibility index (Phi) is 7.89. The van der Waals surface area contributed by atoms with Gasteiger partial charge in [-0.15, -0.1) is 0 Å². The van der Waals surface area contributed by atoms with E-state index in [0.29, 0.717) is 11.3 Å².